The average Bonchev–Trinajstić information content (AvgIpc) is 3.03. The van der Waals surface area contributed by atoms with Gasteiger partial charge in [0.25, 0.3) is 0 Å². The first-order valence-electron chi connectivity index (χ1n) is 7.54. The van der Waals surface area contributed by atoms with Gasteiger partial charge in [-0.25, -0.2) is 4.79 Å². The molecule has 0 bridgehead atoms. The normalized spacial score (nSPS) is 17.3. The fourth-order valence-electron chi connectivity index (χ4n) is 2.62. The van der Waals surface area contributed by atoms with Crippen LogP contribution in [0.25, 0.3) is 0 Å². The lowest BCUT2D eigenvalue weighted by Crippen LogP contribution is -2.39. The van der Waals surface area contributed by atoms with Crippen molar-refractivity contribution < 1.29 is 4.79 Å². The predicted molar refractivity (Wildman–Crippen MR) is 86.5 cm³/mol. The molecule has 2 heterocycles. The Morgan fingerprint density at radius 2 is 2.09 bits per heavy atom. The number of hydrogen-bond donors (Lipinski definition) is 2. The van der Waals surface area contributed by atoms with Gasteiger partial charge in [0.1, 0.15) is 0 Å². The first-order chi connectivity index (χ1) is 10.8. The zero-order valence-electron chi connectivity index (χ0n) is 12.4. The summed E-state index contributed by atoms with van der Waals surface area (Å²) < 4.78 is 0. The molecule has 5 nitrogen and oxygen atoms in total. The van der Waals surface area contributed by atoms with Crippen molar-refractivity contribution in [1.82, 2.24) is 15.2 Å². The van der Waals surface area contributed by atoms with E-state index in [1.807, 2.05) is 47.4 Å². The molecule has 3 rings (SSSR count). The van der Waals surface area contributed by atoms with E-state index in [0.29, 0.717) is 12.6 Å². The summed E-state index contributed by atoms with van der Waals surface area (Å²) in [5.41, 5.74) is 2.11. The van der Waals surface area contributed by atoms with Gasteiger partial charge in [0.05, 0.1) is 0 Å². The summed E-state index contributed by atoms with van der Waals surface area (Å²) in [6.45, 7) is 2.02. The molecule has 22 heavy (non-hydrogen) atoms. The van der Waals surface area contributed by atoms with Crippen LogP contribution >= 0.6 is 0 Å². The second kappa shape index (κ2) is 6.93. The molecule has 1 aromatic heterocycles. The first kappa shape index (κ1) is 14.4. The van der Waals surface area contributed by atoms with Crippen molar-refractivity contribution in [2.24, 2.45) is 0 Å². The summed E-state index contributed by atoms with van der Waals surface area (Å²) in [5, 5.41) is 6.41. The zero-order chi connectivity index (χ0) is 15.2. The van der Waals surface area contributed by atoms with Gasteiger partial charge >= 0.3 is 6.03 Å². The molecule has 0 aliphatic carbocycles. The summed E-state index contributed by atoms with van der Waals surface area (Å²) in [7, 11) is 0. The summed E-state index contributed by atoms with van der Waals surface area (Å²) >= 11 is 0. The Kier molecular flexibility index (Phi) is 4.53. The Balaban J connectivity index is 1.46. The molecule has 0 saturated carbocycles. The molecule has 1 aromatic carbocycles. The van der Waals surface area contributed by atoms with E-state index in [-0.39, 0.29) is 6.03 Å². The van der Waals surface area contributed by atoms with E-state index in [0.717, 1.165) is 30.8 Å². The van der Waals surface area contributed by atoms with Gasteiger partial charge in [-0.15, -0.1) is 0 Å². The minimum absolute atomic E-state index is 0.0128. The van der Waals surface area contributed by atoms with Gasteiger partial charge in [0.15, 0.2) is 0 Å². The van der Waals surface area contributed by atoms with Gasteiger partial charge in [-0.05, 0) is 30.2 Å². The van der Waals surface area contributed by atoms with E-state index in [1.165, 1.54) is 0 Å². The number of para-hydroxylation sites is 1. The maximum atomic E-state index is 12.2. The Bertz CT molecular complexity index is 603. The van der Waals surface area contributed by atoms with Crippen LogP contribution in [-0.4, -0.2) is 35.0 Å². The van der Waals surface area contributed by atoms with Crippen LogP contribution in [0.3, 0.4) is 0 Å². The van der Waals surface area contributed by atoms with Crippen LogP contribution in [0.5, 0.6) is 0 Å². The highest BCUT2D eigenvalue weighted by Gasteiger charge is 2.25. The first-order valence-corrected chi connectivity index (χ1v) is 7.54. The number of urea groups is 1. The smallest absolute Gasteiger partial charge is 0.317 e. The molecule has 5 heteroatoms. The van der Waals surface area contributed by atoms with Gasteiger partial charge in [-0.2, -0.15) is 0 Å². The van der Waals surface area contributed by atoms with Crippen LogP contribution in [0.2, 0.25) is 0 Å². The third-order valence-corrected chi connectivity index (χ3v) is 3.79. The molecule has 1 fully saturated rings. The largest absolute Gasteiger partial charge is 0.380 e. The second-order valence-electron chi connectivity index (χ2n) is 5.46. The maximum absolute atomic E-state index is 12.2. The van der Waals surface area contributed by atoms with Crippen LogP contribution in [-0.2, 0) is 6.54 Å². The quantitative estimate of drug-likeness (QED) is 0.911. The summed E-state index contributed by atoms with van der Waals surface area (Å²) in [6, 6.07) is 14.2. The lowest BCUT2D eigenvalue weighted by atomic mass is 10.2. The van der Waals surface area contributed by atoms with Crippen molar-refractivity contribution in [2.45, 2.75) is 19.0 Å². The molecule has 2 N–H and O–H groups in total. The Morgan fingerprint density at radius 3 is 2.86 bits per heavy atom. The van der Waals surface area contributed by atoms with Crippen LogP contribution in [0.4, 0.5) is 10.5 Å². The van der Waals surface area contributed by atoms with Crippen molar-refractivity contribution in [3.05, 3.63) is 60.4 Å². The van der Waals surface area contributed by atoms with Crippen molar-refractivity contribution in [1.29, 1.82) is 0 Å². The highest BCUT2D eigenvalue weighted by Crippen LogP contribution is 2.15. The Labute approximate surface area is 130 Å². The number of likely N-dealkylation sites (tertiary alicyclic amines) is 1. The third-order valence-electron chi connectivity index (χ3n) is 3.79. The average molecular weight is 296 g/mol. The molecule has 1 atom stereocenters. The number of pyridine rings is 1. The van der Waals surface area contributed by atoms with Crippen LogP contribution in [0.1, 0.15) is 12.0 Å². The molecule has 114 valence electrons. The molecule has 1 aliphatic heterocycles. The Hall–Kier alpha value is -2.56. The summed E-state index contributed by atoms with van der Waals surface area (Å²) in [6.07, 6.45) is 4.46. The number of nitrogens with one attached hydrogen (secondary N) is 2. The van der Waals surface area contributed by atoms with E-state index >= 15 is 0 Å². The molecule has 1 unspecified atom stereocenters. The number of hydrogen-bond acceptors (Lipinski definition) is 3. The molecular formula is C17H20N4O. The lowest BCUT2D eigenvalue weighted by molar-refractivity contribution is 0.208. The lowest BCUT2D eigenvalue weighted by Gasteiger charge is -2.18. The predicted octanol–water partition coefficient (Wildman–Crippen LogP) is 2.48. The number of rotatable bonds is 4. The number of carbonyl (C=O) groups excluding carboxylic acids is 1. The molecule has 2 aromatic rings. The number of benzene rings is 1. The Morgan fingerprint density at radius 1 is 1.23 bits per heavy atom. The van der Waals surface area contributed by atoms with Gasteiger partial charge in [-0.3, -0.25) is 4.98 Å². The molecule has 0 radical (unpaired) electrons. The molecule has 2 amide bonds. The number of amides is 2. The molecule has 1 saturated heterocycles. The van der Waals surface area contributed by atoms with Crippen molar-refractivity contribution >= 4 is 11.7 Å². The molecule has 1 aliphatic rings. The molecular weight excluding hydrogens is 276 g/mol. The van der Waals surface area contributed by atoms with Crippen molar-refractivity contribution in [3.63, 3.8) is 0 Å². The van der Waals surface area contributed by atoms with Gasteiger partial charge in [-0.1, -0.05) is 24.3 Å². The summed E-state index contributed by atoms with van der Waals surface area (Å²) in [5.74, 6) is 0. The van der Waals surface area contributed by atoms with E-state index < -0.39 is 0 Å². The molecule has 0 spiro atoms. The van der Waals surface area contributed by atoms with E-state index in [2.05, 4.69) is 15.6 Å². The number of carbonyl (C=O) groups is 1. The standard InChI is InChI=1S/C17H20N4O/c22-17(19-12-14-5-4-9-18-11-14)21-10-8-16(13-21)20-15-6-2-1-3-7-15/h1-7,9,11,16,20H,8,10,12-13H2,(H,19,22). The van der Waals surface area contributed by atoms with Gasteiger partial charge in [0.2, 0.25) is 0 Å². The maximum Gasteiger partial charge on any atom is 0.317 e. The second-order valence-corrected chi connectivity index (χ2v) is 5.46. The van der Waals surface area contributed by atoms with Gasteiger partial charge in [0, 0.05) is 43.8 Å². The zero-order valence-corrected chi connectivity index (χ0v) is 12.4. The monoisotopic (exact) mass is 296 g/mol. The fraction of sp³-hybridized carbons (Fsp3) is 0.294. The topological polar surface area (TPSA) is 57.3 Å². The number of aromatic nitrogens is 1. The number of anilines is 1. The summed E-state index contributed by atoms with van der Waals surface area (Å²) in [4.78, 5) is 18.1. The minimum Gasteiger partial charge on any atom is -0.380 e. The van der Waals surface area contributed by atoms with Crippen LogP contribution in [0, 0.1) is 0 Å². The van der Waals surface area contributed by atoms with E-state index in [9.17, 15) is 4.79 Å². The van der Waals surface area contributed by atoms with E-state index in [4.69, 9.17) is 0 Å². The minimum atomic E-state index is -0.0128. The van der Waals surface area contributed by atoms with Crippen LogP contribution in [0.15, 0.2) is 54.9 Å². The fourth-order valence-corrected chi connectivity index (χ4v) is 2.62. The third kappa shape index (κ3) is 3.75. The highest BCUT2D eigenvalue weighted by molar-refractivity contribution is 5.74. The van der Waals surface area contributed by atoms with E-state index in [1.54, 1.807) is 12.4 Å². The van der Waals surface area contributed by atoms with Crippen molar-refractivity contribution in [2.75, 3.05) is 18.4 Å². The number of nitrogens with zero attached hydrogens (tertiary/aromatic N) is 2. The highest BCUT2D eigenvalue weighted by atomic mass is 16.2. The van der Waals surface area contributed by atoms with Crippen molar-refractivity contribution in [3.8, 4) is 0 Å². The van der Waals surface area contributed by atoms with Crippen LogP contribution < -0.4 is 10.6 Å². The van der Waals surface area contributed by atoms with Gasteiger partial charge < -0.3 is 15.5 Å². The SMILES string of the molecule is O=C(NCc1cccnc1)N1CCC(Nc2ccccc2)C1.